The van der Waals surface area contributed by atoms with Gasteiger partial charge >= 0.3 is 0 Å². The fourth-order valence-corrected chi connectivity index (χ4v) is 9.12. The molecule has 1 N–H and O–H groups in total. The van der Waals surface area contributed by atoms with Crippen molar-refractivity contribution in [2.24, 2.45) is 0 Å². The van der Waals surface area contributed by atoms with Crippen molar-refractivity contribution < 1.29 is 5.11 Å². The van der Waals surface area contributed by atoms with Gasteiger partial charge in [0.25, 0.3) is 0 Å². The Bertz CT molecular complexity index is 170. The molecule has 104 valence electrons. The number of rotatable bonds is 11. The second-order valence-corrected chi connectivity index (χ2v) is 15.4. The molecule has 0 rings (SSSR count). The molecule has 0 spiro atoms. The van der Waals surface area contributed by atoms with Crippen LogP contribution in [0.1, 0.15) is 38.5 Å². The molecular formula is C14H34OSi2. The minimum Gasteiger partial charge on any atom is -0.396 e. The number of hydrogen-bond acceptors (Lipinski definition) is 1. The second-order valence-electron chi connectivity index (χ2n) is 6.69. The van der Waals surface area contributed by atoms with E-state index in [-0.39, 0.29) is 8.80 Å². The summed E-state index contributed by atoms with van der Waals surface area (Å²) in [6, 6.07) is 4.67. The van der Waals surface area contributed by atoms with Crippen LogP contribution in [0.2, 0.25) is 44.3 Å². The summed E-state index contributed by atoms with van der Waals surface area (Å²) in [5.41, 5.74) is 0. The van der Waals surface area contributed by atoms with Gasteiger partial charge in [0.15, 0.2) is 0 Å². The van der Waals surface area contributed by atoms with Crippen LogP contribution in [0.4, 0.5) is 0 Å². The molecule has 0 aromatic carbocycles. The standard InChI is InChI=1S/C14H34OSi2/c1-16(2)12-14-17(3,4)13-10-8-6-5-7-9-11-15/h15-16H,5-14H2,1-4H3. The molecule has 1 nitrogen and oxygen atoms in total. The molecule has 17 heavy (non-hydrogen) atoms. The van der Waals surface area contributed by atoms with Gasteiger partial charge in [-0.2, -0.15) is 0 Å². The van der Waals surface area contributed by atoms with E-state index in [0.29, 0.717) is 6.61 Å². The Morgan fingerprint density at radius 3 is 1.88 bits per heavy atom. The van der Waals surface area contributed by atoms with Gasteiger partial charge in [-0.1, -0.05) is 76.4 Å². The van der Waals surface area contributed by atoms with E-state index < -0.39 is 8.07 Å². The van der Waals surface area contributed by atoms with Crippen molar-refractivity contribution in [3.63, 3.8) is 0 Å². The predicted octanol–water partition coefficient (Wildman–Crippen LogP) is 4.51. The van der Waals surface area contributed by atoms with Crippen LogP contribution in [-0.2, 0) is 0 Å². The molecule has 0 unspecified atom stereocenters. The van der Waals surface area contributed by atoms with E-state index in [1.807, 2.05) is 0 Å². The molecule has 0 radical (unpaired) electrons. The summed E-state index contributed by atoms with van der Waals surface area (Å²) in [6.45, 7) is 10.5. The summed E-state index contributed by atoms with van der Waals surface area (Å²) in [7, 11) is -1.17. The lowest BCUT2D eigenvalue weighted by Crippen LogP contribution is -2.26. The summed E-state index contributed by atoms with van der Waals surface area (Å²) >= 11 is 0. The second kappa shape index (κ2) is 10.3. The Hall–Kier alpha value is 0.394. The maximum absolute atomic E-state index is 8.69. The highest BCUT2D eigenvalue weighted by Gasteiger charge is 2.19. The highest BCUT2D eigenvalue weighted by atomic mass is 28.3. The van der Waals surface area contributed by atoms with E-state index in [1.54, 1.807) is 12.1 Å². The number of aliphatic hydroxyl groups excluding tert-OH is 1. The van der Waals surface area contributed by atoms with Crippen LogP contribution in [0.5, 0.6) is 0 Å². The van der Waals surface area contributed by atoms with Crippen molar-refractivity contribution in [3.8, 4) is 0 Å². The minimum absolute atomic E-state index is 0.320. The van der Waals surface area contributed by atoms with Gasteiger partial charge in [-0.05, 0) is 6.42 Å². The molecule has 0 bridgehead atoms. The maximum Gasteiger partial charge on any atom is 0.0470 e. The van der Waals surface area contributed by atoms with E-state index >= 15 is 0 Å². The van der Waals surface area contributed by atoms with Gasteiger partial charge in [-0.25, -0.2) is 0 Å². The third-order valence-corrected chi connectivity index (χ3v) is 9.03. The van der Waals surface area contributed by atoms with Gasteiger partial charge in [0.05, 0.1) is 0 Å². The largest absolute Gasteiger partial charge is 0.396 e. The summed E-state index contributed by atoms with van der Waals surface area (Å²) in [5, 5.41) is 8.69. The minimum atomic E-state index is -0.847. The van der Waals surface area contributed by atoms with E-state index in [9.17, 15) is 0 Å². The van der Waals surface area contributed by atoms with E-state index in [4.69, 9.17) is 5.11 Å². The SMILES string of the molecule is C[SiH](C)CC[Si](C)(C)CCCCCCCCO. The molecule has 0 aliphatic rings. The van der Waals surface area contributed by atoms with E-state index in [1.165, 1.54) is 38.1 Å². The lowest BCUT2D eigenvalue weighted by atomic mass is 10.1. The monoisotopic (exact) mass is 274 g/mol. The van der Waals surface area contributed by atoms with E-state index in [0.717, 1.165) is 6.42 Å². The Balaban J connectivity index is 3.39. The molecule has 0 fully saturated rings. The van der Waals surface area contributed by atoms with Crippen LogP contribution in [-0.4, -0.2) is 28.6 Å². The first-order chi connectivity index (χ1) is 7.98. The van der Waals surface area contributed by atoms with Crippen LogP contribution in [0.15, 0.2) is 0 Å². The lowest BCUT2D eigenvalue weighted by Gasteiger charge is -2.23. The van der Waals surface area contributed by atoms with Gasteiger partial charge in [0.2, 0.25) is 0 Å². The molecule has 0 amide bonds. The van der Waals surface area contributed by atoms with Crippen LogP contribution >= 0.6 is 0 Å². The van der Waals surface area contributed by atoms with Crippen molar-refractivity contribution in [3.05, 3.63) is 0 Å². The highest BCUT2D eigenvalue weighted by molar-refractivity contribution is 6.78. The molecule has 0 atom stereocenters. The molecule has 0 saturated carbocycles. The van der Waals surface area contributed by atoms with Crippen molar-refractivity contribution >= 4 is 16.9 Å². The third-order valence-electron chi connectivity index (χ3n) is 3.66. The Morgan fingerprint density at radius 2 is 1.35 bits per heavy atom. The summed E-state index contributed by atoms with van der Waals surface area (Å²) in [4.78, 5) is 0. The van der Waals surface area contributed by atoms with Crippen LogP contribution in [0.25, 0.3) is 0 Å². The normalized spacial score (nSPS) is 12.4. The average molecular weight is 275 g/mol. The third kappa shape index (κ3) is 12.6. The molecule has 0 heterocycles. The van der Waals surface area contributed by atoms with Crippen molar-refractivity contribution in [2.45, 2.75) is 82.8 Å². The Morgan fingerprint density at radius 1 is 0.824 bits per heavy atom. The lowest BCUT2D eigenvalue weighted by molar-refractivity contribution is 0.282. The van der Waals surface area contributed by atoms with Crippen molar-refractivity contribution in [1.29, 1.82) is 0 Å². The predicted molar refractivity (Wildman–Crippen MR) is 85.6 cm³/mol. The Labute approximate surface area is 112 Å². The van der Waals surface area contributed by atoms with Gasteiger partial charge in [0.1, 0.15) is 0 Å². The number of unbranched alkanes of at least 4 members (excludes halogenated alkanes) is 5. The summed E-state index contributed by atoms with van der Waals surface area (Å²) in [6.07, 6.45) is 7.79. The van der Waals surface area contributed by atoms with Crippen LogP contribution < -0.4 is 0 Å². The van der Waals surface area contributed by atoms with E-state index in [2.05, 4.69) is 26.2 Å². The molecule has 0 saturated heterocycles. The zero-order chi connectivity index (χ0) is 13.1. The summed E-state index contributed by atoms with van der Waals surface area (Å²) < 4.78 is 0. The van der Waals surface area contributed by atoms with Gasteiger partial charge in [0, 0.05) is 23.5 Å². The smallest absolute Gasteiger partial charge is 0.0470 e. The van der Waals surface area contributed by atoms with Gasteiger partial charge < -0.3 is 5.11 Å². The zero-order valence-electron chi connectivity index (χ0n) is 12.6. The zero-order valence-corrected chi connectivity index (χ0v) is 14.8. The van der Waals surface area contributed by atoms with Crippen molar-refractivity contribution in [1.82, 2.24) is 0 Å². The van der Waals surface area contributed by atoms with Crippen LogP contribution in [0, 0.1) is 0 Å². The number of hydrogen-bond donors (Lipinski definition) is 1. The van der Waals surface area contributed by atoms with Crippen LogP contribution in [0.3, 0.4) is 0 Å². The maximum atomic E-state index is 8.69. The Kier molecular flexibility index (Phi) is 10.6. The van der Waals surface area contributed by atoms with Gasteiger partial charge in [-0.15, -0.1) is 0 Å². The first-order valence-electron chi connectivity index (χ1n) is 7.59. The molecule has 0 aromatic heterocycles. The molecule has 0 aliphatic heterocycles. The molecular weight excluding hydrogens is 240 g/mol. The summed E-state index contributed by atoms with van der Waals surface area (Å²) in [5.74, 6) is 0. The fraction of sp³-hybridized carbons (Fsp3) is 1.00. The molecule has 0 aromatic rings. The number of aliphatic hydroxyl groups is 1. The van der Waals surface area contributed by atoms with Crippen molar-refractivity contribution in [2.75, 3.05) is 6.61 Å². The highest BCUT2D eigenvalue weighted by Crippen LogP contribution is 2.22. The fourth-order valence-electron chi connectivity index (χ4n) is 2.23. The first-order valence-corrected chi connectivity index (χ1v) is 14.1. The quantitative estimate of drug-likeness (QED) is 0.434. The first kappa shape index (κ1) is 17.4. The topological polar surface area (TPSA) is 20.2 Å². The average Bonchev–Trinajstić information content (AvgIpc) is 2.25. The molecule has 0 aliphatic carbocycles. The molecule has 3 heteroatoms. The van der Waals surface area contributed by atoms with Gasteiger partial charge in [-0.3, -0.25) is 0 Å².